The van der Waals surface area contributed by atoms with E-state index in [2.05, 4.69) is 33.8 Å². The number of esters is 1. The maximum absolute atomic E-state index is 13.2. The average Bonchev–Trinajstić information content (AvgIpc) is 3.46. The zero-order valence-corrected chi connectivity index (χ0v) is 20.6. The van der Waals surface area contributed by atoms with Crippen molar-refractivity contribution in [2.45, 2.75) is 117 Å². The van der Waals surface area contributed by atoms with Crippen molar-refractivity contribution >= 4 is 5.97 Å². The molecule has 0 aromatic carbocycles. The molecule has 174 valence electrons. The number of hydrogen-bond donors (Lipinski definition) is 0. The van der Waals surface area contributed by atoms with E-state index >= 15 is 0 Å². The second-order valence-corrected chi connectivity index (χ2v) is 10.8. The molecule has 4 heteroatoms. The molecule has 1 aliphatic carbocycles. The number of carbonyl (C=O) groups excluding carboxylic acids is 1. The molecule has 3 atom stereocenters. The third-order valence-corrected chi connectivity index (χ3v) is 7.17. The SMILES string of the molecule is CCCC(C)C[C@H](C)[C@@]1(Cc2cc(CCCCC3CC3)c(C)cn2)OC(C)(C)OC1=O. The Labute approximate surface area is 189 Å². The van der Waals surface area contributed by atoms with Gasteiger partial charge in [-0.1, -0.05) is 59.3 Å². The van der Waals surface area contributed by atoms with Gasteiger partial charge in [-0.2, -0.15) is 0 Å². The summed E-state index contributed by atoms with van der Waals surface area (Å²) in [5.41, 5.74) is 2.57. The first-order chi connectivity index (χ1) is 14.6. The highest BCUT2D eigenvalue weighted by Gasteiger charge is 2.57. The van der Waals surface area contributed by atoms with Crippen LogP contribution in [0.15, 0.2) is 12.3 Å². The van der Waals surface area contributed by atoms with E-state index in [0.717, 1.165) is 37.3 Å². The number of ether oxygens (including phenoxy) is 2. The van der Waals surface area contributed by atoms with Gasteiger partial charge in [-0.05, 0) is 61.1 Å². The maximum Gasteiger partial charge on any atom is 0.341 e. The molecule has 0 N–H and O–H groups in total. The van der Waals surface area contributed by atoms with Crippen LogP contribution in [0.4, 0.5) is 0 Å². The van der Waals surface area contributed by atoms with E-state index in [1.54, 1.807) is 0 Å². The van der Waals surface area contributed by atoms with E-state index in [4.69, 9.17) is 14.5 Å². The highest BCUT2D eigenvalue weighted by Crippen LogP contribution is 2.42. The molecule has 1 aliphatic heterocycles. The molecule has 3 rings (SSSR count). The smallest absolute Gasteiger partial charge is 0.341 e. The Balaban J connectivity index is 1.75. The van der Waals surface area contributed by atoms with E-state index in [9.17, 15) is 4.79 Å². The Morgan fingerprint density at radius 3 is 2.58 bits per heavy atom. The van der Waals surface area contributed by atoms with Crippen molar-refractivity contribution in [2.24, 2.45) is 17.8 Å². The standard InChI is InChI=1S/C27H43NO3/c1-7-10-19(2)15-21(4)27(25(29)30-26(5,6)31-27)17-24-16-23(20(3)18-28-24)12-9-8-11-22-13-14-22/h16,18-19,21-22H,7-15,17H2,1-6H3/t19?,21-,27+/m0/s1. The summed E-state index contributed by atoms with van der Waals surface area (Å²) >= 11 is 0. The van der Waals surface area contributed by atoms with Crippen molar-refractivity contribution in [3.63, 3.8) is 0 Å². The Kier molecular flexibility index (Phi) is 7.83. The fraction of sp³-hybridized carbons (Fsp3) is 0.778. The van der Waals surface area contributed by atoms with Gasteiger partial charge in [0.1, 0.15) is 0 Å². The van der Waals surface area contributed by atoms with Gasteiger partial charge in [0.15, 0.2) is 5.60 Å². The molecule has 0 radical (unpaired) electrons. The van der Waals surface area contributed by atoms with Crippen molar-refractivity contribution in [1.82, 2.24) is 4.98 Å². The normalized spacial score (nSPS) is 24.8. The molecule has 1 saturated heterocycles. The number of aromatic nitrogens is 1. The molecule has 31 heavy (non-hydrogen) atoms. The van der Waals surface area contributed by atoms with Crippen molar-refractivity contribution in [2.75, 3.05) is 0 Å². The van der Waals surface area contributed by atoms with Crippen LogP contribution in [0.2, 0.25) is 0 Å². The van der Waals surface area contributed by atoms with Crippen molar-refractivity contribution in [3.8, 4) is 0 Å². The van der Waals surface area contributed by atoms with Crippen molar-refractivity contribution in [1.29, 1.82) is 0 Å². The summed E-state index contributed by atoms with van der Waals surface area (Å²) in [6.45, 7) is 12.4. The van der Waals surface area contributed by atoms with Crippen LogP contribution in [0.3, 0.4) is 0 Å². The van der Waals surface area contributed by atoms with Crippen LogP contribution in [0.1, 0.15) is 103 Å². The molecule has 1 aromatic rings. The van der Waals surface area contributed by atoms with Gasteiger partial charge in [-0.25, -0.2) is 4.79 Å². The first-order valence-corrected chi connectivity index (χ1v) is 12.5. The van der Waals surface area contributed by atoms with E-state index in [-0.39, 0.29) is 11.9 Å². The summed E-state index contributed by atoms with van der Waals surface area (Å²) in [4.78, 5) is 17.9. The average molecular weight is 430 g/mol. The van der Waals surface area contributed by atoms with Crippen LogP contribution in [0, 0.1) is 24.7 Å². The third kappa shape index (κ3) is 6.31. The molecule has 1 unspecified atom stereocenters. The zero-order valence-electron chi connectivity index (χ0n) is 20.6. The summed E-state index contributed by atoms with van der Waals surface area (Å²) in [5.74, 6) is 0.482. The van der Waals surface area contributed by atoms with Gasteiger partial charge in [0, 0.05) is 32.2 Å². The predicted molar refractivity (Wildman–Crippen MR) is 125 cm³/mol. The van der Waals surface area contributed by atoms with Crippen LogP contribution in [0.5, 0.6) is 0 Å². The number of rotatable bonds is 12. The largest absolute Gasteiger partial charge is 0.431 e. The topological polar surface area (TPSA) is 48.4 Å². The van der Waals surface area contributed by atoms with E-state index in [1.165, 1.54) is 43.2 Å². The summed E-state index contributed by atoms with van der Waals surface area (Å²) in [6.07, 6.45) is 13.6. The van der Waals surface area contributed by atoms with Gasteiger partial charge >= 0.3 is 5.97 Å². The highest BCUT2D eigenvalue weighted by molar-refractivity contribution is 5.82. The minimum Gasteiger partial charge on any atom is -0.431 e. The van der Waals surface area contributed by atoms with E-state index in [1.807, 2.05) is 20.0 Å². The van der Waals surface area contributed by atoms with E-state index in [0.29, 0.717) is 12.3 Å². The van der Waals surface area contributed by atoms with Crippen molar-refractivity contribution < 1.29 is 14.3 Å². The number of unbranched alkanes of at least 4 members (excludes halogenated alkanes) is 1. The Hall–Kier alpha value is -1.42. The molecule has 2 heterocycles. The third-order valence-electron chi connectivity index (χ3n) is 7.17. The van der Waals surface area contributed by atoms with Gasteiger partial charge in [0.25, 0.3) is 0 Å². The molecule has 1 saturated carbocycles. The van der Waals surface area contributed by atoms with Gasteiger partial charge in [-0.3, -0.25) is 4.98 Å². The lowest BCUT2D eigenvalue weighted by Crippen LogP contribution is -2.46. The van der Waals surface area contributed by atoms with Gasteiger partial charge < -0.3 is 9.47 Å². The Morgan fingerprint density at radius 1 is 1.23 bits per heavy atom. The fourth-order valence-electron chi connectivity index (χ4n) is 5.20. The summed E-state index contributed by atoms with van der Waals surface area (Å²) in [6, 6.07) is 2.21. The van der Waals surface area contributed by atoms with Crippen LogP contribution in [-0.4, -0.2) is 22.3 Å². The minimum absolute atomic E-state index is 0.0634. The monoisotopic (exact) mass is 429 g/mol. The Morgan fingerprint density at radius 2 is 1.97 bits per heavy atom. The molecule has 0 spiro atoms. The van der Waals surface area contributed by atoms with Crippen LogP contribution >= 0.6 is 0 Å². The number of hydrogen-bond acceptors (Lipinski definition) is 4. The highest BCUT2D eigenvalue weighted by atomic mass is 16.8. The quantitative estimate of drug-likeness (QED) is 0.279. The number of nitrogens with zero attached hydrogens (tertiary/aromatic N) is 1. The molecule has 0 amide bonds. The zero-order chi connectivity index (χ0) is 22.6. The fourth-order valence-corrected chi connectivity index (χ4v) is 5.20. The molecule has 2 aliphatic rings. The van der Waals surface area contributed by atoms with E-state index < -0.39 is 11.4 Å². The van der Waals surface area contributed by atoms with Gasteiger partial charge in [-0.15, -0.1) is 0 Å². The van der Waals surface area contributed by atoms with Gasteiger partial charge in [0.05, 0.1) is 0 Å². The summed E-state index contributed by atoms with van der Waals surface area (Å²) in [5, 5.41) is 0. The number of aryl methyl sites for hydroxylation is 2. The molecule has 0 bridgehead atoms. The molecular weight excluding hydrogens is 386 g/mol. The molecular formula is C27H43NO3. The number of pyridine rings is 1. The van der Waals surface area contributed by atoms with Crippen LogP contribution < -0.4 is 0 Å². The number of cyclic esters (lactones) is 1. The first kappa shape index (κ1) is 24.2. The van der Waals surface area contributed by atoms with Gasteiger partial charge in [0.2, 0.25) is 5.79 Å². The maximum atomic E-state index is 13.2. The summed E-state index contributed by atoms with van der Waals surface area (Å²) < 4.78 is 12.1. The number of carbonyl (C=O) groups is 1. The molecule has 4 nitrogen and oxygen atoms in total. The molecule has 1 aromatic heterocycles. The predicted octanol–water partition coefficient (Wildman–Crippen LogP) is 6.57. The lowest BCUT2D eigenvalue weighted by molar-refractivity contribution is -0.174. The molecule has 2 fully saturated rings. The summed E-state index contributed by atoms with van der Waals surface area (Å²) in [7, 11) is 0. The van der Waals surface area contributed by atoms with Crippen LogP contribution in [0.25, 0.3) is 0 Å². The lowest BCUT2D eigenvalue weighted by Gasteiger charge is -2.33. The lowest BCUT2D eigenvalue weighted by atomic mass is 9.78. The first-order valence-electron chi connectivity index (χ1n) is 12.5. The second-order valence-electron chi connectivity index (χ2n) is 10.8. The second kappa shape index (κ2) is 10.0. The van der Waals surface area contributed by atoms with Crippen LogP contribution in [-0.2, 0) is 27.1 Å². The Bertz CT molecular complexity index is 755. The minimum atomic E-state index is -0.961. The van der Waals surface area contributed by atoms with Crippen molar-refractivity contribution in [3.05, 3.63) is 29.1 Å².